The highest BCUT2D eigenvalue weighted by atomic mass is 32.1. The van der Waals surface area contributed by atoms with Gasteiger partial charge >= 0.3 is 6.03 Å². The molecule has 0 bridgehead atoms. The first-order chi connectivity index (χ1) is 10.2. The van der Waals surface area contributed by atoms with E-state index in [2.05, 4.69) is 29.7 Å². The van der Waals surface area contributed by atoms with E-state index in [-0.39, 0.29) is 18.1 Å². The van der Waals surface area contributed by atoms with Crippen molar-refractivity contribution in [1.29, 1.82) is 0 Å². The Kier molecular flexibility index (Phi) is 5.81. The number of hydrogen-bond donors (Lipinski definition) is 2. The first kappa shape index (κ1) is 15.6. The van der Waals surface area contributed by atoms with Gasteiger partial charge in [-0.15, -0.1) is 11.3 Å². The van der Waals surface area contributed by atoms with Gasteiger partial charge in [-0.1, -0.05) is 49.7 Å². The third kappa shape index (κ3) is 4.60. The summed E-state index contributed by atoms with van der Waals surface area (Å²) in [5, 5.41) is 8.11. The van der Waals surface area contributed by atoms with Crippen LogP contribution in [0.1, 0.15) is 49.2 Å². The van der Waals surface area contributed by atoms with Crippen LogP contribution in [0.25, 0.3) is 0 Å². The first-order valence-corrected chi connectivity index (χ1v) is 8.24. The van der Waals surface area contributed by atoms with Crippen molar-refractivity contribution < 1.29 is 4.79 Å². The molecular weight excluding hydrogens is 280 g/mol. The Bertz CT molecular complexity index is 539. The lowest BCUT2D eigenvalue weighted by Gasteiger charge is -2.21. The largest absolute Gasteiger partial charge is 0.331 e. The molecule has 2 N–H and O–H groups in total. The maximum Gasteiger partial charge on any atom is 0.315 e. The van der Waals surface area contributed by atoms with Crippen molar-refractivity contribution in [3.05, 3.63) is 58.3 Å². The number of amides is 2. The molecule has 0 saturated heterocycles. The summed E-state index contributed by atoms with van der Waals surface area (Å²) in [5.41, 5.74) is 1.15. The van der Waals surface area contributed by atoms with Crippen molar-refractivity contribution in [1.82, 2.24) is 10.6 Å². The molecule has 1 heterocycles. The molecule has 4 heteroatoms. The molecule has 2 rings (SSSR count). The molecule has 0 fully saturated rings. The summed E-state index contributed by atoms with van der Waals surface area (Å²) in [6, 6.07) is 14.1. The van der Waals surface area contributed by atoms with E-state index in [4.69, 9.17) is 0 Å². The van der Waals surface area contributed by atoms with Crippen LogP contribution >= 0.6 is 11.3 Å². The molecule has 3 nitrogen and oxygen atoms in total. The lowest BCUT2D eigenvalue weighted by molar-refractivity contribution is 0.233. The van der Waals surface area contributed by atoms with E-state index in [1.165, 1.54) is 0 Å². The van der Waals surface area contributed by atoms with Crippen LogP contribution in [0.3, 0.4) is 0 Å². The van der Waals surface area contributed by atoms with Crippen LogP contribution in [0.5, 0.6) is 0 Å². The van der Waals surface area contributed by atoms with Gasteiger partial charge in [-0.3, -0.25) is 0 Å². The monoisotopic (exact) mass is 302 g/mol. The first-order valence-electron chi connectivity index (χ1n) is 7.36. The van der Waals surface area contributed by atoms with E-state index in [0.717, 1.165) is 23.3 Å². The second-order valence-corrected chi connectivity index (χ2v) is 6.09. The van der Waals surface area contributed by atoms with Crippen LogP contribution < -0.4 is 10.6 Å². The van der Waals surface area contributed by atoms with E-state index in [0.29, 0.717) is 0 Å². The summed E-state index contributed by atoms with van der Waals surface area (Å²) in [6.45, 7) is 4.13. The molecule has 2 aromatic rings. The van der Waals surface area contributed by atoms with Crippen LogP contribution in [-0.4, -0.2) is 6.03 Å². The number of thiophene rings is 1. The molecule has 1 aromatic carbocycles. The molecule has 0 spiro atoms. The van der Waals surface area contributed by atoms with Gasteiger partial charge in [-0.2, -0.15) is 0 Å². The fraction of sp³-hybridized carbons (Fsp3) is 0.353. The van der Waals surface area contributed by atoms with Gasteiger partial charge in [0.25, 0.3) is 0 Å². The zero-order valence-corrected chi connectivity index (χ0v) is 13.3. The lowest BCUT2D eigenvalue weighted by Crippen LogP contribution is -2.39. The van der Waals surface area contributed by atoms with Crippen molar-refractivity contribution in [2.75, 3.05) is 0 Å². The van der Waals surface area contributed by atoms with Gasteiger partial charge in [-0.05, 0) is 30.4 Å². The fourth-order valence-electron chi connectivity index (χ4n) is 2.30. The van der Waals surface area contributed by atoms with Crippen LogP contribution in [0.15, 0.2) is 47.8 Å². The summed E-state index contributed by atoms with van der Waals surface area (Å²) in [4.78, 5) is 13.4. The number of benzene rings is 1. The van der Waals surface area contributed by atoms with E-state index in [1.807, 2.05) is 42.6 Å². The zero-order valence-electron chi connectivity index (χ0n) is 12.5. The SMILES string of the molecule is CCC[C@H](NC(=O)N[C@@H](C)c1cccs1)c1ccccc1. The van der Waals surface area contributed by atoms with Crippen LogP contribution in [0.2, 0.25) is 0 Å². The number of nitrogens with one attached hydrogen (secondary N) is 2. The molecule has 2 atom stereocenters. The minimum atomic E-state index is -0.113. The average Bonchev–Trinajstić information content (AvgIpc) is 3.02. The Morgan fingerprint density at radius 3 is 2.52 bits per heavy atom. The molecule has 0 aliphatic heterocycles. The predicted molar refractivity (Wildman–Crippen MR) is 88.5 cm³/mol. The standard InChI is InChI=1S/C17H22N2OS/c1-3-8-15(14-9-5-4-6-10-14)19-17(20)18-13(2)16-11-7-12-21-16/h4-7,9-13,15H,3,8H2,1-2H3,(H2,18,19,20)/t13-,15-/m0/s1. The molecule has 2 amide bonds. The Balaban J connectivity index is 1.95. The second kappa shape index (κ2) is 7.84. The highest BCUT2D eigenvalue weighted by Crippen LogP contribution is 2.20. The summed E-state index contributed by atoms with van der Waals surface area (Å²) in [6.07, 6.45) is 1.96. The van der Waals surface area contributed by atoms with Crippen molar-refractivity contribution in [3.8, 4) is 0 Å². The quantitative estimate of drug-likeness (QED) is 0.801. The molecule has 0 unspecified atom stereocenters. The summed E-state index contributed by atoms with van der Waals surface area (Å²) in [5.74, 6) is 0. The minimum absolute atomic E-state index is 0.0306. The Hall–Kier alpha value is -1.81. The molecule has 1 aromatic heterocycles. The van der Waals surface area contributed by atoms with E-state index in [1.54, 1.807) is 11.3 Å². The number of carbonyl (C=O) groups excluding carboxylic acids is 1. The Morgan fingerprint density at radius 1 is 1.14 bits per heavy atom. The number of rotatable bonds is 6. The van der Waals surface area contributed by atoms with E-state index < -0.39 is 0 Å². The highest BCUT2D eigenvalue weighted by Gasteiger charge is 2.15. The third-order valence-corrected chi connectivity index (χ3v) is 4.46. The molecule has 0 aliphatic rings. The summed E-state index contributed by atoms with van der Waals surface area (Å²) >= 11 is 1.66. The fourth-order valence-corrected chi connectivity index (χ4v) is 3.04. The minimum Gasteiger partial charge on any atom is -0.331 e. The smallest absolute Gasteiger partial charge is 0.315 e. The maximum atomic E-state index is 12.2. The number of hydrogen-bond acceptors (Lipinski definition) is 2. The molecule has 112 valence electrons. The Morgan fingerprint density at radius 2 is 1.90 bits per heavy atom. The maximum absolute atomic E-state index is 12.2. The molecule has 21 heavy (non-hydrogen) atoms. The predicted octanol–water partition coefficient (Wildman–Crippen LogP) is 4.65. The molecule has 0 radical (unpaired) electrons. The summed E-state index contributed by atoms with van der Waals surface area (Å²) in [7, 11) is 0. The molecule has 0 saturated carbocycles. The molecule has 0 aliphatic carbocycles. The van der Waals surface area contributed by atoms with Gasteiger partial charge in [0.2, 0.25) is 0 Å². The van der Waals surface area contributed by atoms with Crippen molar-refractivity contribution in [2.45, 2.75) is 38.8 Å². The number of urea groups is 1. The molecular formula is C17H22N2OS. The van der Waals surface area contributed by atoms with Crippen molar-refractivity contribution in [3.63, 3.8) is 0 Å². The van der Waals surface area contributed by atoms with Gasteiger partial charge in [0.15, 0.2) is 0 Å². The average molecular weight is 302 g/mol. The van der Waals surface area contributed by atoms with Crippen LogP contribution in [0, 0.1) is 0 Å². The van der Waals surface area contributed by atoms with Crippen LogP contribution in [0.4, 0.5) is 4.79 Å². The van der Waals surface area contributed by atoms with E-state index in [9.17, 15) is 4.79 Å². The third-order valence-electron chi connectivity index (χ3n) is 3.40. The summed E-state index contributed by atoms with van der Waals surface area (Å²) < 4.78 is 0. The van der Waals surface area contributed by atoms with Gasteiger partial charge in [0, 0.05) is 4.88 Å². The van der Waals surface area contributed by atoms with Crippen molar-refractivity contribution in [2.24, 2.45) is 0 Å². The Labute approximate surface area is 130 Å². The van der Waals surface area contributed by atoms with Gasteiger partial charge in [-0.25, -0.2) is 4.79 Å². The lowest BCUT2D eigenvalue weighted by atomic mass is 10.0. The zero-order chi connectivity index (χ0) is 15.1. The van der Waals surface area contributed by atoms with Gasteiger partial charge < -0.3 is 10.6 Å². The topological polar surface area (TPSA) is 41.1 Å². The van der Waals surface area contributed by atoms with E-state index >= 15 is 0 Å². The number of carbonyl (C=O) groups is 1. The van der Waals surface area contributed by atoms with Crippen LogP contribution in [-0.2, 0) is 0 Å². The van der Waals surface area contributed by atoms with Crippen molar-refractivity contribution >= 4 is 17.4 Å². The normalized spacial score (nSPS) is 13.4. The van der Waals surface area contributed by atoms with Gasteiger partial charge in [0.1, 0.15) is 0 Å². The second-order valence-electron chi connectivity index (χ2n) is 5.11. The van der Waals surface area contributed by atoms with Gasteiger partial charge in [0.05, 0.1) is 12.1 Å². The highest BCUT2D eigenvalue weighted by molar-refractivity contribution is 7.10.